The monoisotopic (exact) mass is 249 g/mol. The lowest BCUT2D eigenvalue weighted by atomic mass is 9.91. The standard InChI is InChI=1S/C8H15N3O2S2/c1-5-8(2,3)6-9-10-7(14-6)11-15(4,12)13/h5H2,1-4H3,(H,10,11). The molecule has 0 aliphatic rings. The Morgan fingerprint density at radius 2 is 2.00 bits per heavy atom. The van der Waals surface area contributed by atoms with Crippen LogP contribution >= 0.6 is 11.3 Å². The Hall–Kier alpha value is -0.690. The van der Waals surface area contributed by atoms with E-state index in [0.717, 1.165) is 17.7 Å². The number of rotatable bonds is 4. The molecule has 0 fully saturated rings. The van der Waals surface area contributed by atoms with E-state index < -0.39 is 10.0 Å². The first-order valence-electron chi connectivity index (χ1n) is 4.56. The zero-order chi connectivity index (χ0) is 11.7. The summed E-state index contributed by atoms with van der Waals surface area (Å²) in [5.74, 6) is 0. The minimum absolute atomic E-state index is 0.0604. The molecule has 1 aromatic heterocycles. The average Bonchev–Trinajstić information content (AvgIpc) is 2.50. The molecule has 0 saturated carbocycles. The van der Waals surface area contributed by atoms with Crippen molar-refractivity contribution in [2.75, 3.05) is 11.0 Å². The molecule has 0 unspecified atom stereocenters. The molecule has 1 rings (SSSR count). The fourth-order valence-corrected chi connectivity index (χ4v) is 2.59. The summed E-state index contributed by atoms with van der Waals surface area (Å²) in [6.45, 7) is 6.17. The van der Waals surface area contributed by atoms with Gasteiger partial charge in [-0.3, -0.25) is 4.72 Å². The van der Waals surface area contributed by atoms with Gasteiger partial charge in [0.15, 0.2) is 0 Å². The number of aromatic nitrogens is 2. The van der Waals surface area contributed by atoms with E-state index in [1.54, 1.807) is 0 Å². The van der Waals surface area contributed by atoms with Gasteiger partial charge in [0.2, 0.25) is 15.2 Å². The summed E-state index contributed by atoms with van der Waals surface area (Å²) in [6, 6.07) is 0. The maximum atomic E-state index is 11.0. The van der Waals surface area contributed by atoms with Gasteiger partial charge in [0, 0.05) is 5.41 Å². The van der Waals surface area contributed by atoms with Crippen molar-refractivity contribution in [1.29, 1.82) is 0 Å². The molecule has 1 N–H and O–H groups in total. The minimum atomic E-state index is -3.26. The van der Waals surface area contributed by atoms with Crippen molar-refractivity contribution < 1.29 is 8.42 Å². The predicted molar refractivity (Wildman–Crippen MR) is 61.7 cm³/mol. The second-order valence-electron chi connectivity index (χ2n) is 4.02. The Labute approximate surface area is 94.0 Å². The lowest BCUT2D eigenvalue weighted by molar-refractivity contribution is 0.498. The summed E-state index contributed by atoms with van der Waals surface area (Å²) in [5.41, 5.74) is -0.0604. The quantitative estimate of drug-likeness (QED) is 0.879. The Bertz CT molecular complexity index is 436. The van der Waals surface area contributed by atoms with Gasteiger partial charge in [0.25, 0.3) is 0 Å². The Morgan fingerprint density at radius 1 is 1.40 bits per heavy atom. The van der Waals surface area contributed by atoms with Gasteiger partial charge >= 0.3 is 0 Å². The summed E-state index contributed by atoms with van der Waals surface area (Å²) in [6.07, 6.45) is 2.03. The van der Waals surface area contributed by atoms with E-state index in [0.29, 0.717) is 5.13 Å². The van der Waals surface area contributed by atoms with E-state index in [4.69, 9.17) is 0 Å². The van der Waals surface area contributed by atoms with E-state index in [2.05, 4.69) is 35.7 Å². The van der Waals surface area contributed by atoms with Crippen LogP contribution in [0.4, 0.5) is 5.13 Å². The van der Waals surface area contributed by atoms with Crippen LogP contribution in [0.25, 0.3) is 0 Å². The van der Waals surface area contributed by atoms with E-state index in [9.17, 15) is 8.42 Å². The maximum absolute atomic E-state index is 11.0. The number of anilines is 1. The van der Waals surface area contributed by atoms with Gasteiger partial charge in [-0.15, -0.1) is 10.2 Å². The summed E-state index contributed by atoms with van der Waals surface area (Å²) < 4.78 is 24.2. The maximum Gasteiger partial charge on any atom is 0.231 e. The molecule has 0 aliphatic carbocycles. The normalized spacial score (nSPS) is 12.8. The van der Waals surface area contributed by atoms with Gasteiger partial charge in [-0.1, -0.05) is 32.1 Å². The van der Waals surface area contributed by atoms with Crippen LogP contribution in [-0.2, 0) is 15.4 Å². The van der Waals surface area contributed by atoms with Crippen LogP contribution in [0.15, 0.2) is 0 Å². The minimum Gasteiger partial charge on any atom is -0.257 e. The number of hydrogen-bond donors (Lipinski definition) is 1. The van der Waals surface area contributed by atoms with E-state index >= 15 is 0 Å². The highest BCUT2D eigenvalue weighted by atomic mass is 32.2. The molecule has 0 aromatic carbocycles. The van der Waals surface area contributed by atoms with E-state index in [-0.39, 0.29) is 5.41 Å². The number of nitrogens with zero attached hydrogens (tertiary/aromatic N) is 2. The molecule has 86 valence electrons. The third kappa shape index (κ3) is 3.42. The highest BCUT2D eigenvalue weighted by molar-refractivity contribution is 7.92. The van der Waals surface area contributed by atoms with Gasteiger partial charge in [-0.25, -0.2) is 8.42 Å². The van der Waals surface area contributed by atoms with Gasteiger partial charge in [-0.2, -0.15) is 0 Å². The third-order valence-corrected chi connectivity index (χ3v) is 4.06. The summed E-state index contributed by atoms with van der Waals surface area (Å²) >= 11 is 1.28. The molecule has 1 heterocycles. The molecule has 0 spiro atoms. The summed E-state index contributed by atoms with van der Waals surface area (Å²) in [7, 11) is -3.26. The van der Waals surface area contributed by atoms with Gasteiger partial charge in [0.1, 0.15) is 5.01 Å². The third-order valence-electron chi connectivity index (χ3n) is 2.16. The second-order valence-corrected chi connectivity index (χ2v) is 6.75. The fraction of sp³-hybridized carbons (Fsp3) is 0.750. The van der Waals surface area contributed by atoms with Crippen molar-refractivity contribution >= 4 is 26.5 Å². The van der Waals surface area contributed by atoms with Crippen LogP contribution in [0.2, 0.25) is 0 Å². The number of nitrogens with one attached hydrogen (secondary N) is 1. The van der Waals surface area contributed by atoms with Crippen LogP contribution in [0.3, 0.4) is 0 Å². The highest BCUT2D eigenvalue weighted by Crippen LogP contribution is 2.31. The zero-order valence-electron chi connectivity index (χ0n) is 9.23. The molecule has 0 atom stereocenters. The smallest absolute Gasteiger partial charge is 0.231 e. The van der Waals surface area contributed by atoms with Crippen molar-refractivity contribution in [2.24, 2.45) is 0 Å². The Morgan fingerprint density at radius 3 is 2.47 bits per heavy atom. The van der Waals surface area contributed by atoms with Crippen molar-refractivity contribution in [1.82, 2.24) is 10.2 Å². The SMILES string of the molecule is CCC(C)(C)c1nnc(NS(C)(=O)=O)s1. The zero-order valence-corrected chi connectivity index (χ0v) is 10.9. The second kappa shape index (κ2) is 4.05. The molecule has 0 amide bonds. The molecule has 7 heteroatoms. The lowest BCUT2D eigenvalue weighted by Crippen LogP contribution is -2.14. The number of hydrogen-bond acceptors (Lipinski definition) is 5. The van der Waals surface area contributed by atoms with Gasteiger partial charge < -0.3 is 0 Å². The molecule has 0 saturated heterocycles. The lowest BCUT2D eigenvalue weighted by Gasteiger charge is -2.17. The molecule has 5 nitrogen and oxygen atoms in total. The molecular weight excluding hydrogens is 234 g/mol. The highest BCUT2D eigenvalue weighted by Gasteiger charge is 2.23. The van der Waals surface area contributed by atoms with Crippen LogP contribution in [0, 0.1) is 0 Å². The van der Waals surface area contributed by atoms with Crippen LogP contribution in [0.1, 0.15) is 32.2 Å². The topological polar surface area (TPSA) is 72.0 Å². The molecular formula is C8H15N3O2S2. The van der Waals surface area contributed by atoms with Crippen LogP contribution < -0.4 is 4.72 Å². The van der Waals surface area contributed by atoms with Crippen molar-refractivity contribution in [2.45, 2.75) is 32.6 Å². The average molecular weight is 249 g/mol. The first-order valence-corrected chi connectivity index (χ1v) is 7.27. The first-order chi connectivity index (χ1) is 6.74. The van der Waals surface area contributed by atoms with Crippen molar-refractivity contribution in [3.63, 3.8) is 0 Å². The van der Waals surface area contributed by atoms with Crippen LogP contribution in [-0.4, -0.2) is 24.9 Å². The van der Waals surface area contributed by atoms with Gasteiger partial charge in [0.05, 0.1) is 6.26 Å². The predicted octanol–water partition coefficient (Wildman–Crippen LogP) is 1.60. The molecule has 15 heavy (non-hydrogen) atoms. The van der Waals surface area contributed by atoms with E-state index in [1.165, 1.54) is 11.3 Å². The van der Waals surface area contributed by atoms with Crippen molar-refractivity contribution in [3.05, 3.63) is 5.01 Å². The van der Waals surface area contributed by atoms with Crippen LogP contribution in [0.5, 0.6) is 0 Å². The van der Waals surface area contributed by atoms with Gasteiger partial charge in [-0.05, 0) is 6.42 Å². The fourth-order valence-electron chi connectivity index (χ4n) is 0.848. The molecule has 0 bridgehead atoms. The molecule has 1 aromatic rings. The Balaban J connectivity index is 2.91. The number of sulfonamides is 1. The van der Waals surface area contributed by atoms with E-state index in [1.807, 2.05) is 0 Å². The molecule has 0 radical (unpaired) electrons. The molecule has 0 aliphatic heterocycles. The largest absolute Gasteiger partial charge is 0.257 e. The van der Waals surface area contributed by atoms with Crippen molar-refractivity contribution in [3.8, 4) is 0 Å². The summed E-state index contributed by atoms with van der Waals surface area (Å²) in [5, 5.41) is 8.95. The Kier molecular flexibility index (Phi) is 3.34. The summed E-state index contributed by atoms with van der Waals surface area (Å²) in [4.78, 5) is 0. The first kappa shape index (κ1) is 12.4.